The van der Waals surface area contributed by atoms with Gasteiger partial charge in [0.1, 0.15) is 5.75 Å². The van der Waals surface area contributed by atoms with Gasteiger partial charge in [-0.05, 0) is 60.6 Å². The Morgan fingerprint density at radius 3 is 2.59 bits per heavy atom. The molecule has 0 aliphatic heterocycles. The van der Waals surface area contributed by atoms with E-state index in [9.17, 15) is 9.90 Å². The maximum absolute atomic E-state index is 12.5. The number of phenolic OH excluding ortho intramolecular Hbond substituents is 1. The minimum Gasteiger partial charge on any atom is -0.507 e. The van der Waals surface area contributed by atoms with E-state index in [1.807, 2.05) is 30.3 Å². The number of hydrazine groups is 1. The van der Waals surface area contributed by atoms with Crippen molar-refractivity contribution in [3.05, 3.63) is 76.9 Å². The second kappa shape index (κ2) is 6.94. The van der Waals surface area contributed by atoms with E-state index < -0.39 is 0 Å². The summed E-state index contributed by atoms with van der Waals surface area (Å²) in [5.41, 5.74) is 8.00. The predicted molar refractivity (Wildman–Crippen MR) is 115 cm³/mol. The summed E-state index contributed by atoms with van der Waals surface area (Å²) in [6.45, 7) is 0.659. The molecule has 0 unspecified atom stereocenters. The first kappa shape index (κ1) is 17.8. The van der Waals surface area contributed by atoms with E-state index in [0.717, 1.165) is 58.6 Å². The number of nitrogens with two attached hydrogens (primary N) is 1. The lowest BCUT2D eigenvalue weighted by atomic mass is 9.89. The number of hydrogen-bond acceptors (Lipinski definition) is 3. The maximum Gasteiger partial charge on any atom is 0.265 e. The summed E-state index contributed by atoms with van der Waals surface area (Å²) < 4.78 is 2.20. The SMILES string of the molecule is NNC(=O)c1cccc2c1c1c(O)c3c(cc1n2Cc1ccccc1)CCCC3. The number of aromatic nitrogens is 1. The number of aromatic hydroxyl groups is 1. The zero-order valence-corrected chi connectivity index (χ0v) is 16.1. The highest BCUT2D eigenvalue weighted by Gasteiger charge is 2.24. The van der Waals surface area contributed by atoms with Crippen molar-refractivity contribution in [3.63, 3.8) is 0 Å². The van der Waals surface area contributed by atoms with Crippen LogP contribution in [0, 0.1) is 0 Å². The summed E-state index contributed by atoms with van der Waals surface area (Å²) in [6, 6.07) is 18.1. The van der Waals surface area contributed by atoms with Crippen LogP contribution in [0.2, 0.25) is 0 Å². The molecule has 4 aromatic rings. The number of phenols is 1. The topological polar surface area (TPSA) is 80.3 Å². The monoisotopic (exact) mass is 385 g/mol. The van der Waals surface area contributed by atoms with Crippen molar-refractivity contribution in [2.75, 3.05) is 0 Å². The number of nitrogens with zero attached hydrogens (tertiary/aromatic N) is 1. The fraction of sp³-hybridized carbons (Fsp3) is 0.208. The number of amides is 1. The highest BCUT2D eigenvalue weighted by Crippen LogP contribution is 2.42. The molecule has 5 nitrogen and oxygen atoms in total. The number of nitrogens with one attached hydrogen (secondary N) is 1. The fourth-order valence-corrected chi connectivity index (χ4v) is 4.69. The van der Waals surface area contributed by atoms with Crippen molar-refractivity contribution >= 4 is 27.7 Å². The number of benzene rings is 3. The average molecular weight is 385 g/mol. The molecule has 5 rings (SSSR count). The van der Waals surface area contributed by atoms with Crippen LogP contribution in [0.3, 0.4) is 0 Å². The zero-order chi connectivity index (χ0) is 20.0. The van der Waals surface area contributed by atoms with Crippen LogP contribution < -0.4 is 11.3 Å². The van der Waals surface area contributed by atoms with Gasteiger partial charge in [-0.3, -0.25) is 10.2 Å². The Balaban J connectivity index is 1.89. The first-order chi connectivity index (χ1) is 14.2. The molecule has 1 aliphatic rings. The lowest BCUT2D eigenvalue weighted by Crippen LogP contribution is -2.30. The van der Waals surface area contributed by atoms with E-state index in [4.69, 9.17) is 5.84 Å². The molecule has 0 saturated heterocycles. The number of fused-ring (bicyclic) bond motifs is 4. The molecule has 29 heavy (non-hydrogen) atoms. The van der Waals surface area contributed by atoms with Crippen LogP contribution in [0.5, 0.6) is 5.75 Å². The molecule has 3 aromatic carbocycles. The Hall–Kier alpha value is -3.31. The van der Waals surface area contributed by atoms with E-state index in [0.29, 0.717) is 17.9 Å². The summed E-state index contributed by atoms with van der Waals surface area (Å²) in [7, 11) is 0. The van der Waals surface area contributed by atoms with Crippen molar-refractivity contribution in [1.29, 1.82) is 0 Å². The van der Waals surface area contributed by atoms with Crippen molar-refractivity contribution < 1.29 is 9.90 Å². The first-order valence-electron chi connectivity index (χ1n) is 10.0. The van der Waals surface area contributed by atoms with E-state index in [2.05, 4.69) is 28.2 Å². The molecule has 4 N–H and O–H groups in total. The van der Waals surface area contributed by atoms with Crippen molar-refractivity contribution in [2.24, 2.45) is 5.84 Å². The van der Waals surface area contributed by atoms with Crippen molar-refractivity contribution in [3.8, 4) is 5.75 Å². The number of aryl methyl sites for hydroxylation is 1. The second-order valence-electron chi connectivity index (χ2n) is 7.71. The maximum atomic E-state index is 12.5. The van der Waals surface area contributed by atoms with Gasteiger partial charge in [0.05, 0.1) is 22.0 Å². The summed E-state index contributed by atoms with van der Waals surface area (Å²) in [5.74, 6) is 5.41. The highest BCUT2D eigenvalue weighted by atomic mass is 16.3. The van der Waals surface area contributed by atoms with Crippen LogP contribution >= 0.6 is 0 Å². The van der Waals surface area contributed by atoms with Gasteiger partial charge in [-0.25, -0.2) is 5.84 Å². The van der Waals surface area contributed by atoms with Gasteiger partial charge in [0.15, 0.2) is 0 Å². The molecule has 0 bridgehead atoms. The minimum absolute atomic E-state index is 0.311. The summed E-state index contributed by atoms with van der Waals surface area (Å²) in [6.07, 6.45) is 4.05. The third-order valence-corrected chi connectivity index (χ3v) is 6.03. The Morgan fingerprint density at radius 2 is 1.79 bits per heavy atom. The highest BCUT2D eigenvalue weighted by molar-refractivity contribution is 6.20. The van der Waals surface area contributed by atoms with Crippen LogP contribution in [0.25, 0.3) is 21.8 Å². The molecule has 0 spiro atoms. The average Bonchev–Trinajstić information content (AvgIpc) is 3.08. The molecule has 1 aromatic heterocycles. The Labute approximate surface area is 168 Å². The third-order valence-electron chi connectivity index (χ3n) is 6.03. The van der Waals surface area contributed by atoms with Crippen LogP contribution in [0.1, 0.15) is 39.9 Å². The predicted octanol–water partition coefficient (Wildman–Crippen LogP) is 4.03. The first-order valence-corrected chi connectivity index (χ1v) is 10.0. The largest absolute Gasteiger partial charge is 0.507 e. The Morgan fingerprint density at radius 1 is 1.00 bits per heavy atom. The van der Waals surface area contributed by atoms with E-state index in [-0.39, 0.29) is 5.91 Å². The summed E-state index contributed by atoms with van der Waals surface area (Å²) >= 11 is 0. The van der Waals surface area contributed by atoms with Crippen molar-refractivity contribution in [2.45, 2.75) is 32.2 Å². The third kappa shape index (κ3) is 2.77. The smallest absolute Gasteiger partial charge is 0.265 e. The molecule has 5 heteroatoms. The normalized spacial score (nSPS) is 13.6. The van der Waals surface area contributed by atoms with E-state index >= 15 is 0 Å². The molecule has 1 aliphatic carbocycles. The quantitative estimate of drug-likeness (QED) is 0.283. The van der Waals surface area contributed by atoms with Gasteiger partial charge in [0.25, 0.3) is 5.91 Å². The molecule has 1 amide bonds. The molecule has 0 radical (unpaired) electrons. The van der Waals surface area contributed by atoms with Gasteiger partial charge in [-0.2, -0.15) is 0 Å². The standard InChI is InChI=1S/C24H23N3O2/c25-26-24(29)18-11-6-12-19-21(18)22-20(27(19)14-15-7-2-1-3-8-15)13-16-9-4-5-10-17(16)23(22)28/h1-3,6-8,11-13,28H,4-5,9-10,14,25H2,(H,26,29). The van der Waals surface area contributed by atoms with Gasteiger partial charge >= 0.3 is 0 Å². The lowest BCUT2D eigenvalue weighted by Gasteiger charge is -2.18. The molecule has 0 saturated carbocycles. The summed E-state index contributed by atoms with van der Waals surface area (Å²) in [4.78, 5) is 12.5. The number of nitrogen functional groups attached to an aromatic ring is 1. The van der Waals surface area contributed by atoms with Crippen LogP contribution in [0.15, 0.2) is 54.6 Å². The van der Waals surface area contributed by atoms with Crippen LogP contribution in [0.4, 0.5) is 0 Å². The second-order valence-corrected chi connectivity index (χ2v) is 7.71. The Bertz CT molecular complexity index is 1240. The zero-order valence-electron chi connectivity index (χ0n) is 16.1. The van der Waals surface area contributed by atoms with Gasteiger partial charge in [0, 0.05) is 11.9 Å². The number of hydrogen-bond donors (Lipinski definition) is 3. The molecule has 1 heterocycles. The summed E-state index contributed by atoms with van der Waals surface area (Å²) in [5, 5.41) is 12.8. The van der Waals surface area contributed by atoms with Crippen LogP contribution in [-0.4, -0.2) is 15.6 Å². The van der Waals surface area contributed by atoms with Gasteiger partial charge in [-0.1, -0.05) is 36.4 Å². The number of rotatable bonds is 3. The van der Waals surface area contributed by atoms with Crippen molar-refractivity contribution in [1.82, 2.24) is 9.99 Å². The van der Waals surface area contributed by atoms with E-state index in [1.54, 1.807) is 6.07 Å². The van der Waals surface area contributed by atoms with Gasteiger partial charge in [0.2, 0.25) is 0 Å². The molecule has 0 atom stereocenters. The molecular formula is C24H23N3O2. The fourth-order valence-electron chi connectivity index (χ4n) is 4.69. The van der Waals surface area contributed by atoms with Crippen LogP contribution in [-0.2, 0) is 19.4 Å². The van der Waals surface area contributed by atoms with Gasteiger partial charge in [-0.15, -0.1) is 0 Å². The minimum atomic E-state index is -0.355. The lowest BCUT2D eigenvalue weighted by molar-refractivity contribution is 0.0955. The number of carbonyl (C=O) groups is 1. The molecular weight excluding hydrogens is 362 g/mol. The number of carbonyl (C=O) groups excluding carboxylic acids is 1. The van der Waals surface area contributed by atoms with Gasteiger partial charge < -0.3 is 9.67 Å². The molecule has 0 fully saturated rings. The molecule has 146 valence electrons. The van der Waals surface area contributed by atoms with E-state index in [1.165, 1.54) is 5.56 Å². The Kier molecular flexibility index (Phi) is 4.25.